The van der Waals surface area contributed by atoms with Gasteiger partial charge in [0.25, 0.3) is 0 Å². The Morgan fingerprint density at radius 3 is 1.04 bits per heavy atom. The van der Waals surface area contributed by atoms with E-state index in [0.29, 0.717) is 76.6 Å². The molecule has 0 fully saturated rings. The largest absolute Gasteiger partial charge is 0.469 e. The minimum Gasteiger partial charge on any atom is -0.469 e. The number of nitrogens with zero attached hydrogens (tertiary/aromatic N) is 15. The van der Waals surface area contributed by atoms with Gasteiger partial charge in [0, 0.05) is 101 Å². The highest BCUT2D eigenvalue weighted by Gasteiger charge is 2.40. The van der Waals surface area contributed by atoms with Crippen LogP contribution in [0.2, 0.25) is 0 Å². The molecule has 1 N–H and O–H groups in total. The number of nitrogens with one attached hydrogen (secondary N) is 1. The number of hydrogen-bond acceptors (Lipinski definition) is 13. The van der Waals surface area contributed by atoms with Crippen molar-refractivity contribution in [2.24, 2.45) is 68.6 Å². The van der Waals surface area contributed by atoms with Crippen LogP contribution in [0, 0.1) is 85.0 Å². The summed E-state index contributed by atoms with van der Waals surface area (Å²) in [5.74, 6) is 5.98. The Labute approximate surface area is 817 Å². The average Bonchev–Trinajstić information content (AvgIpc) is 1.67. The summed E-state index contributed by atoms with van der Waals surface area (Å²) in [6.45, 7) is 98.0. The van der Waals surface area contributed by atoms with E-state index < -0.39 is 23.8 Å². The number of aryl methyl sites for hydroxylation is 10. The molecule has 0 spiro atoms. The highest BCUT2D eigenvalue weighted by molar-refractivity contribution is 6.04. The van der Waals surface area contributed by atoms with E-state index in [4.69, 9.17) is 4.42 Å². The lowest BCUT2D eigenvalue weighted by Gasteiger charge is -2.12. The van der Waals surface area contributed by atoms with Crippen molar-refractivity contribution < 1.29 is 35.3 Å². The number of pyridine rings is 1. The van der Waals surface area contributed by atoms with Crippen LogP contribution in [0.3, 0.4) is 0 Å². The SMILES string of the molecule is CC(C)c1cc(C(F)(F)F)nn1C.CC1=NCC(C)=C1C(C)C.CC1=NCC(C)=C1C(C)C.CC1=NCC(C)=C1C(C)C.CCC1=NCC(C)=C1C(C)C.CCC1=NCC(CC)=C1C(C)C.Cc1c[nH]c(C)c1C(C)C.Cc1cc(C(C)C)n(-c2ccncc2)n1.Cc1cc(C(C)C)n(C(C)C)n1.Cc1cc(C(C)C)n(C)n1.Cc1coc(C)c1C(C)C.Cc1noc(C(F)(F)F)c1C(C)C. The van der Waals surface area contributed by atoms with Crippen LogP contribution < -0.4 is 0 Å². The van der Waals surface area contributed by atoms with Crippen molar-refractivity contribution in [2.75, 3.05) is 32.7 Å². The highest BCUT2D eigenvalue weighted by atomic mass is 19.4. The molecule has 0 unspecified atom stereocenters. The number of aromatic amines is 1. The van der Waals surface area contributed by atoms with Crippen LogP contribution in [0.4, 0.5) is 26.3 Å². The third-order valence-corrected chi connectivity index (χ3v) is 23.8. The quantitative estimate of drug-likeness (QED) is 0.0867. The molecule has 0 bridgehead atoms. The van der Waals surface area contributed by atoms with Crippen LogP contribution in [0.5, 0.6) is 0 Å². The number of furan rings is 1. The molecule has 0 atom stereocenters. The molecule has 0 radical (unpaired) electrons. The maximum Gasteiger partial charge on any atom is 0.452 e. The van der Waals surface area contributed by atoms with Crippen molar-refractivity contribution in [1.82, 2.24) is 54.2 Å². The second-order valence-corrected chi connectivity index (χ2v) is 40.3. The van der Waals surface area contributed by atoms with Crippen LogP contribution in [0.25, 0.3) is 5.69 Å². The molecular formula is C112H178F6N16O2. The molecule has 13 heterocycles. The van der Waals surface area contributed by atoms with Crippen molar-refractivity contribution >= 4 is 28.6 Å². The molecule has 8 aromatic rings. The van der Waals surface area contributed by atoms with E-state index in [9.17, 15) is 26.3 Å². The van der Waals surface area contributed by atoms with Gasteiger partial charge in [-0.3, -0.25) is 44.0 Å². The average molecular weight is 1890 g/mol. The molecule has 0 aromatic carbocycles. The molecule has 8 aromatic heterocycles. The Hall–Kier alpha value is -9.61. The Bertz CT molecular complexity index is 5120. The fourth-order valence-corrected chi connectivity index (χ4v) is 18.1. The van der Waals surface area contributed by atoms with Gasteiger partial charge in [-0.15, -0.1) is 0 Å². The third-order valence-electron chi connectivity index (χ3n) is 23.8. The van der Waals surface area contributed by atoms with Crippen LogP contribution in [-0.2, 0) is 26.4 Å². The number of allylic oxidation sites excluding steroid dienone is 5. The maximum absolute atomic E-state index is 12.3. The summed E-state index contributed by atoms with van der Waals surface area (Å²) in [5.41, 5.74) is 36.5. The molecule has 0 saturated carbocycles. The maximum atomic E-state index is 12.3. The van der Waals surface area contributed by atoms with Crippen LogP contribution in [0.1, 0.15) is 412 Å². The number of alkyl halides is 6. The first-order chi connectivity index (χ1) is 63.0. The van der Waals surface area contributed by atoms with E-state index in [1.807, 2.05) is 76.3 Å². The number of aliphatic imine (C=N–C) groups is 5. The minimum atomic E-state index is -4.44. The van der Waals surface area contributed by atoms with E-state index in [1.54, 1.807) is 37.4 Å². The Morgan fingerprint density at radius 1 is 0.382 bits per heavy atom. The van der Waals surface area contributed by atoms with E-state index in [-0.39, 0.29) is 17.4 Å². The summed E-state index contributed by atoms with van der Waals surface area (Å²) < 4.78 is 90.2. The number of aromatic nitrogens is 11. The fraction of sp³-hybridized carbons (Fsp3) is 0.616. The van der Waals surface area contributed by atoms with Crippen molar-refractivity contribution in [1.29, 1.82) is 0 Å². The smallest absolute Gasteiger partial charge is 0.452 e. The van der Waals surface area contributed by atoms with E-state index in [2.05, 4.69) is 336 Å². The lowest BCUT2D eigenvalue weighted by Crippen LogP contribution is -2.08. The van der Waals surface area contributed by atoms with Gasteiger partial charge in [-0.05, 0) is 322 Å². The van der Waals surface area contributed by atoms with Crippen molar-refractivity contribution in [3.8, 4) is 5.69 Å². The highest BCUT2D eigenvalue weighted by Crippen LogP contribution is 2.38. The Morgan fingerprint density at radius 2 is 0.765 bits per heavy atom. The summed E-state index contributed by atoms with van der Waals surface area (Å²) in [7, 11) is 3.51. The molecule has 24 heteroatoms. The van der Waals surface area contributed by atoms with Crippen LogP contribution in [-0.4, -0.2) is 116 Å². The summed E-state index contributed by atoms with van der Waals surface area (Å²) in [6.07, 6.45) is 2.04. The summed E-state index contributed by atoms with van der Waals surface area (Å²) in [4.78, 5) is 29.3. The zero-order chi connectivity index (χ0) is 104. The standard InChI is InChI=1S/C12H15N3.C11H19N.C10H18N2.C10H17N.4C9H15N.C9H14O.C8H11F3N2.C8H10F3NO.C8H14N2/c1-9(2)12-8-10(3)14-15(12)11-4-6-13-7-5-11;1-5-9-7-12-10(6-2)11(9)8(3)4;1-7(2)10-6-9(5)11-12(10)8(3)4;1-5-9-10(7(2)3)8(4)6-11-9;5*1-6(2)9-7(3)5-10-8(9)4;1-5(2)6-4-7(8(9,10)11)12-13(6)3;1-4(2)6-5(3)12-13-7(6)8(9,10)11;1-6(2)8-5-7(3)9-10(8)4/h4-9H,1-3H3;8H,5-7H2,1-4H3;6-8H,1-5H3;7H,5-6H2,1-4H3;3*6H,5H2,1-4H3;5-6,10H,1-4H3;5-6H,1-4H3;4-5H,1-3H3;4H,1-3H3;5-6H,1-4H3. The predicted octanol–water partition coefficient (Wildman–Crippen LogP) is 32.2. The minimum absolute atomic E-state index is 0.0496. The van der Waals surface area contributed by atoms with Crippen molar-refractivity contribution in [2.45, 2.75) is 384 Å². The molecule has 0 aliphatic carbocycles. The monoisotopic (exact) mass is 1890 g/mol. The molecule has 0 amide bonds. The van der Waals surface area contributed by atoms with E-state index >= 15 is 0 Å². The molecule has 13 rings (SSSR count). The molecule has 5 aliphatic heterocycles. The summed E-state index contributed by atoms with van der Waals surface area (Å²) in [5, 5.41) is 19.9. The Balaban J connectivity index is 0.000000503. The number of rotatable bonds is 17. The number of halogens is 6. The summed E-state index contributed by atoms with van der Waals surface area (Å²) in [6, 6.07) is 11.9. The zero-order valence-corrected chi connectivity index (χ0v) is 92.7. The van der Waals surface area contributed by atoms with Gasteiger partial charge in [-0.1, -0.05) is 192 Å². The first-order valence-corrected chi connectivity index (χ1v) is 49.5. The van der Waals surface area contributed by atoms with Crippen molar-refractivity contribution in [3.63, 3.8) is 0 Å². The van der Waals surface area contributed by atoms with Gasteiger partial charge in [0.05, 0.1) is 67.5 Å². The van der Waals surface area contributed by atoms with Gasteiger partial charge in [-0.25, -0.2) is 4.68 Å². The first-order valence-electron chi connectivity index (χ1n) is 49.5. The molecule has 760 valence electrons. The third kappa shape index (κ3) is 37.6. The zero-order valence-electron chi connectivity index (χ0n) is 92.7. The second kappa shape index (κ2) is 57.1. The molecule has 5 aliphatic rings. The second-order valence-electron chi connectivity index (χ2n) is 40.3. The molecular weight excluding hydrogens is 1720 g/mol. The first kappa shape index (κ1) is 122. The normalized spacial score (nSPS) is 14.2. The van der Waals surface area contributed by atoms with Crippen LogP contribution in [0.15, 0.2) is 151 Å². The van der Waals surface area contributed by atoms with E-state index in [1.165, 1.54) is 143 Å². The van der Waals surface area contributed by atoms with Gasteiger partial charge in [-0.2, -0.15) is 46.7 Å². The Kier molecular flexibility index (Phi) is 51.4. The van der Waals surface area contributed by atoms with Crippen molar-refractivity contribution in [3.05, 3.63) is 213 Å². The fourth-order valence-electron chi connectivity index (χ4n) is 18.1. The number of H-pyrrole nitrogens is 1. The van der Waals surface area contributed by atoms with Crippen LogP contribution >= 0.6 is 0 Å². The topological polar surface area (TPSA) is 201 Å². The molecule has 136 heavy (non-hydrogen) atoms. The van der Waals surface area contributed by atoms with Gasteiger partial charge in [0.1, 0.15) is 5.76 Å². The van der Waals surface area contributed by atoms with Gasteiger partial charge in [0.2, 0.25) is 5.76 Å². The lowest BCUT2D eigenvalue weighted by atomic mass is 9.93. The van der Waals surface area contributed by atoms with Gasteiger partial charge in [0.15, 0.2) is 5.69 Å². The molecule has 0 saturated heterocycles. The van der Waals surface area contributed by atoms with Gasteiger partial charge >= 0.3 is 12.4 Å². The number of hydrogen-bond donors (Lipinski definition) is 1. The van der Waals surface area contributed by atoms with Gasteiger partial charge < -0.3 is 13.9 Å². The molecule has 18 nitrogen and oxygen atoms in total. The predicted molar refractivity (Wildman–Crippen MR) is 564 cm³/mol. The summed E-state index contributed by atoms with van der Waals surface area (Å²) >= 11 is 0. The van der Waals surface area contributed by atoms with E-state index in [0.717, 1.165) is 80.2 Å². The lowest BCUT2D eigenvalue weighted by molar-refractivity contribution is -0.156.